The molecule has 0 aromatic heterocycles. The Labute approximate surface area is 239 Å². The van der Waals surface area contributed by atoms with Gasteiger partial charge < -0.3 is 18.9 Å². The minimum atomic E-state index is -3.93. The lowest BCUT2D eigenvalue weighted by Crippen LogP contribution is -2.55. The van der Waals surface area contributed by atoms with E-state index in [0.29, 0.717) is 44.7 Å². The maximum Gasteiger partial charge on any atom is 0.297 e. The van der Waals surface area contributed by atoms with Gasteiger partial charge in [0.1, 0.15) is 0 Å². The maximum absolute atomic E-state index is 13.7. The molecule has 2 saturated heterocycles. The maximum atomic E-state index is 13.7. The highest BCUT2D eigenvalue weighted by atomic mass is 32.2. The Balaban J connectivity index is 1.25. The van der Waals surface area contributed by atoms with Crippen molar-refractivity contribution in [3.63, 3.8) is 0 Å². The Morgan fingerprint density at radius 2 is 1.57 bits per heavy atom. The van der Waals surface area contributed by atoms with E-state index in [1.807, 2.05) is 19.1 Å². The first kappa shape index (κ1) is 27.5. The number of ether oxygens (including phenoxy) is 4. The summed E-state index contributed by atoms with van der Waals surface area (Å²) in [5, 5.41) is 0. The summed E-state index contributed by atoms with van der Waals surface area (Å²) < 4.78 is 58.3. The monoisotopic (exact) mass is 572 g/mol. The van der Waals surface area contributed by atoms with E-state index in [2.05, 4.69) is 26.8 Å². The lowest BCUT2D eigenvalue weighted by Gasteiger charge is -2.59. The number of rotatable bonds is 4. The van der Waals surface area contributed by atoms with Gasteiger partial charge >= 0.3 is 0 Å². The van der Waals surface area contributed by atoms with Gasteiger partial charge in [-0.1, -0.05) is 43.2 Å². The summed E-state index contributed by atoms with van der Waals surface area (Å²) in [5.74, 6) is -0.223. The van der Waals surface area contributed by atoms with Crippen LogP contribution in [0.1, 0.15) is 71.3 Å². The summed E-state index contributed by atoms with van der Waals surface area (Å²) >= 11 is 0. The molecule has 0 unspecified atom stereocenters. The first-order valence-electron chi connectivity index (χ1n) is 15.2. The Morgan fingerprint density at radius 3 is 2.27 bits per heavy atom. The third-order valence-corrected chi connectivity index (χ3v) is 13.3. The van der Waals surface area contributed by atoms with Crippen molar-refractivity contribution in [2.45, 2.75) is 95.2 Å². The second-order valence-electron chi connectivity index (χ2n) is 13.9. The fourth-order valence-corrected chi connectivity index (χ4v) is 11.1. The van der Waals surface area contributed by atoms with Crippen LogP contribution in [-0.4, -0.2) is 52.5 Å². The summed E-state index contributed by atoms with van der Waals surface area (Å²) in [7, 11) is -3.93. The van der Waals surface area contributed by atoms with E-state index in [0.717, 1.165) is 44.1 Å². The van der Waals surface area contributed by atoms with Crippen LogP contribution < -0.4 is 0 Å². The highest BCUT2D eigenvalue weighted by Crippen LogP contribution is 2.69. The predicted octanol–water partition coefficient (Wildman–Crippen LogP) is 5.76. The quantitative estimate of drug-likeness (QED) is 0.335. The van der Waals surface area contributed by atoms with Gasteiger partial charge in [-0.15, -0.1) is 0 Å². The number of hydrogen-bond acceptors (Lipinski definition) is 7. The molecule has 2 heterocycles. The largest absolute Gasteiger partial charge is 0.348 e. The molecule has 0 bridgehead atoms. The fourth-order valence-electron chi connectivity index (χ4n) is 9.95. The van der Waals surface area contributed by atoms with Crippen LogP contribution in [0.25, 0.3) is 0 Å². The lowest BCUT2D eigenvalue weighted by molar-refractivity contribution is -0.216. The van der Waals surface area contributed by atoms with Crippen molar-refractivity contribution in [2.75, 3.05) is 26.4 Å². The highest BCUT2D eigenvalue weighted by molar-refractivity contribution is 7.86. The van der Waals surface area contributed by atoms with E-state index in [-0.39, 0.29) is 27.6 Å². The van der Waals surface area contributed by atoms with E-state index in [4.69, 9.17) is 23.1 Å². The lowest BCUT2D eigenvalue weighted by atomic mass is 9.46. The molecule has 7 nitrogen and oxygen atoms in total. The van der Waals surface area contributed by atoms with Crippen molar-refractivity contribution in [3.8, 4) is 0 Å². The molecule has 6 aliphatic rings. The third-order valence-electron chi connectivity index (χ3n) is 11.9. The second kappa shape index (κ2) is 9.35. The first-order chi connectivity index (χ1) is 19.0. The number of hydrogen-bond donors (Lipinski definition) is 0. The molecule has 40 heavy (non-hydrogen) atoms. The smallest absolute Gasteiger partial charge is 0.297 e. The molecule has 0 N–H and O–H groups in total. The molecule has 220 valence electrons. The van der Waals surface area contributed by atoms with Gasteiger partial charge in [-0.2, -0.15) is 8.42 Å². The summed E-state index contributed by atoms with van der Waals surface area (Å²) in [6.07, 6.45) is 8.49. The molecule has 1 spiro atoms. The van der Waals surface area contributed by atoms with E-state index < -0.39 is 27.8 Å². The van der Waals surface area contributed by atoms with Crippen molar-refractivity contribution in [1.29, 1.82) is 0 Å². The van der Waals surface area contributed by atoms with Crippen LogP contribution in [0, 0.1) is 41.4 Å². The van der Waals surface area contributed by atoms with Crippen LogP contribution in [0.5, 0.6) is 0 Å². The van der Waals surface area contributed by atoms with Gasteiger partial charge in [-0.3, -0.25) is 4.18 Å². The molecule has 8 heteroatoms. The Kier molecular flexibility index (Phi) is 6.44. The Morgan fingerprint density at radius 1 is 0.900 bits per heavy atom. The molecule has 1 aromatic carbocycles. The van der Waals surface area contributed by atoms with Crippen molar-refractivity contribution >= 4 is 10.1 Å². The summed E-state index contributed by atoms with van der Waals surface area (Å²) in [6.45, 7) is 11.3. The molecule has 2 aliphatic heterocycles. The predicted molar refractivity (Wildman–Crippen MR) is 149 cm³/mol. The second-order valence-corrected chi connectivity index (χ2v) is 15.5. The van der Waals surface area contributed by atoms with Crippen molar-refractivity contribution in [1.82, 2.24) is 0 Å². The normalized spacial score (nSPS) is 41.8. The molecule has 4 aliphatic carbocycles. The van der Waals surface area contributed by atoms with Gasteiger partial charge in [0.25, 0.3) is 10.1 Å². The molecule has 0 radical (unpaired) electrons. The topological polar surface area (TPSA) is 80.3 Å². The number of allylic oxidation sites excluding steroid dienone is 1. The Bertz CT molecular complexity index is 1280. The van der Waals surface area contributed by atoms with Gasteiger partial charge in [-0.05, 0) is 86.7 Å². The Hall–Kier alpha value is -1.29. The van der Waals surface area contributed by atoms with E-state index in [1.54, 1.807) is 12.1 Å². The summed E-state index contributed by atoms with van der Waals surface area (Å²) in [5.41, 5.74) is 2.40. The van der Waals surface area contributed by atoms with Gasteiger partial charge in [0.05, 0.1) is 37.4 Å². The minimum Gasteiger partial charge on any atom is -0.348 e. The van der Waals surface area contributed by atoms with Crippen molar-refractivity contribution < 1.29 is 31.5 Å². The number of fused-ring (bicyclic) bond motifs is 5. The molecular formula is C32H44O7S. The van der Waals surface area contributed by atoms with Gasteiger partial charge in [0.15, 0.2) is 11.6 Å². The van der Waals surface area contributed by atoms with Crippen LogP contribution in [0.4, 0.5) is 0 Å². The molecule has 3 saturated carbocycles. The number of aryl methyl sites for hydroxylation is 1. The van der Waals surface area contributed by atoms with Crippen LogP contribution >= 0.6 is 0 Å². The van der Waals surface area contributed by atoms with Crippen LogP contribution in [0.2, 0.25) is 0 Å². The van der Waals surface area contributed by atoms with Crippen molar-refractivity contribution in [2.24, 2.45) is 34.5 Å². The van der Waals surface area contributed by atoms with Gasteiger partial charge in [0, 0.05) is 18.8 Å². The molecule has 0 amide bonds. The molecular weight excluding hydrogens is 528 g/mol. The minimum absolute atomic E-state index is 0.0553. The standard InChI is InChI=1S/C32H44O7S/c1-21-5-8-23(9-6-21)40(33,34)39-26-19-27(31(4)35-15-16-36-31)30(3)12-11-25-24(28(26)30)10-7-22-20-32(37-17-18-38-32)14-13-29(22,25)2/h5-9,24-28H,10-20H2,1-4H3/t24-,25+,26+,27+,28-,29+,30-/m1/s1. The van der Waals surface area contributed by atoms with E-state index >= 15 is 0 Å². The van der Waals surface area contributed by atoms with Gasteiger partial charge in [0.2, 0.25) is 0 Å². The van der Waals surface area contributed by atoms with Crippen molar-refractivity contribution in [3.05, 3.63) is 41.5 Å². The average molecular weight is 573 g/mol. The van der Waals surface area contributed by atoms with Crippen LogP contribution in [0.3, 0.4) is 0 Å². The molecule has 1 aromatic rings. The zero-order valence-electron chi connectivity index (χ0n) is 24.3. The molecule has 5 fully saturated rings. The van der Waals surface area contributed by atoms with Gasteiger partial charge in [-0.25, -0.2) is 0 Å². The fraction of sp³-hybridized carbons (Fsp3) is 0.750. The van der Waals surface area contributed by atoms with E-state index in [1.165, 1.54) is 5.57 Å². The van der Waals surface area contributed by atoms with Crippen LogP contribution in [-0.2, 0) is 33.2 Å². The average Bonchev–Trinajstić information content (AvgIpc) is 3.63. The zero-order valence-corrected chi connectivity index (χ0v) is 25.1. The summed E-state index contributed by atoms with van der Waals surface area (Å²) in [4.78, 5) is 0.224. The SMILES string of the molecule is Cc1ccc(S(=O)(=O)O[C@H]2C[C@H](C3(C)OCCO3)[C@@]3(C)CC[C@H]4[C@@H](CC=C5CC6(CC[C@@]54C)OCCO6)[C@H]23)cc1. The third kappa shape index (κ3) is 4.11. The highest BCUT2D eigenvalue weighted by Gasteiger charge is 2.67. The molecule has 7 atom stereocenters. The van der Waals surface area contributed by atoms with E-state index in [9.17, 15) is 8.42 Å². The molecule has 7 rings (SSSR count). The number of benzene rings is 1. The zero-order chi connectivity index (χ0) is 28.0. The summed E-state index contributed by atoms with van der Waals surface area (Å²) in [6, 6.07) is 6.98. The first-order valence-corrected chi connectivity index (χ1v) is 16.6. The van der Waals surface area contributed by atoms with Crippen LogP contribution in [0.15, 0.2) is 40.8 Å².